The molecule has 5 fully saturated rings. The third-order valence-corrected chi connectivity index (χ3v) is 11.9. The van der Waals surface area contributed by atoms with E-state index >= 15 is 0 Å². The Morgan fingerprint density at radius 2 is 1.78 bits per heavy atom. The van der Waals surface area contributed by atoms with Crippen molar-refractivity contribution in [2.75, 3.05) is 11.9 Å². The fourth-order valence-electron chi connectivity index (χ4n) is 10.0. The summed E-state index contributed by atoms with van der Waals surface area (Å²) < 4.78 is 0. The van der Waals surface area contributed by atoms with E-state index in [0.29, 0.717) is 17.8 Å². The molecule has 6 rings (SSSR count). The molecular formula is C33H48N2O. The molecule has 1 aromatic carbocycles. The minimum absolute atomic E-state index is 0.0797. The van der Waals surface area contributed by atoms with Gasteiger partial charge >= 0.3 is 0 Å². The number of allylic oxidation sites excluding steroid dienone is 1. The predicted octanol–water partition coefficient (Wildman–Crippen LogP) is 7.24. The molecule has 3 nitrogen and oxygen atoms in total. The van der Waals surface area contributed by atoms with Crippen LogP contribution < -0.4 is 11.1 Å². The number of fused-ring (bicyclic) bond motifs is 3. The lowest BCUT2D eigenvalue weighted by atomic mass is 9.77. The summed E-state index contributed by atoms with van der Waals surface area (Å²) in [7, 11) is 0. The second-order valence-corrected chi connectivity index (χ2v) is 13.5. The van der Waals surface area contributed by atoms with E-state index in [0.717, 1.165) is 42.4 Å². The van der Waals surface area contributed by atoms with Gasteiger partial charge in [0.15, 0.2) is 0 Å². The van der Waals surface area contributed by atoms with E-state index in [-0.39, 0.29) is 11.5 Å². The Bertz CT molecular complexity index is 923. The maximum atomic E-state index is 12.2. The molecule has 1 aromatic rings. The Kier molecular flexibility index (Phi) is 7.05. The molecule has 36 heavy (non-hydrogen) atoms. The van der Waals surface area contributed by atoms with Gasteiger partial charge in [-0.25, -0.2) is 0 Å². The molecule has 0 bridgehead atoms. The van der Waals surface area contributed by atoms with Crippen LogP contribution in [0.15, 0.2) is 42.5 Å². The molecule has 0 spiro atoms. The van der Waals surface area contributed by atoms with E-state index in [1.807, 2.05) is 0 Å². The van der Waals surface area contributed by atoms with Gasteiger partial charge in [0.05, 0.1) is 6.04 Å². The van der Waals surface area contributed by atoms with Crippen molar-refractivity contribution in [2.24, 2.45) is 58.5 Å². The first kappa shape index (κ1) is 24.7. The normalized spacial score (nSPS) is 40.9. The van der Waals surface area contributed by atoms with Crippen LogP contribution in [-0.2, 0) is 4.79 Å². The maximum absolute atomic E-state index is 12.2. The summed E-state index contributed by atoms with van der Waals surface area (Å²) in [6.45, 7) is 5.68. The van der Waals surface area contributed by atoms with Gasteiger partial charge in [-0.15, -0.1) is 0 Å². The van der Waals surface area contributed by atoms with Crippen molar-refractivity contribution in [3.63, 3.8) is 0 Å². The number of hydrogen-bond acceptors (Lipinski definition) is 3. The Balaban J connectivity index is 1.10. The number of carbonyl (C=O) groups excluding carboxylic acids is 1. The van der Waals surface area contributed by atoms with Crippen LogP contribution in [-0.4, -0.2) is 18.9 Å². The molecule has 0 heterocycles. The molecule has 9 unspecified atom stereocenters. The van der Waals surface area contributed by atoms with Gasteiger partial charge in [0.25, 0.3) is 0 Å². The van der Waals surface area contributed by atoms with E-state index in [1.165, 1.54) is 94.7 Å². The van der Waals surface area contributed by atoms with Crippen molar-refractivity contribution in [1.82, 2.24) is 0 Å². The van der Waals surface area contributed by atoms with Crippen LogP contribution in [0.5, 0.6) is 0 Å². The predicted molar refractivity (Wildman–Crippen MR) is 148 cm³/mol. The zero-order chi connectivity index (χ0) is 24.7. The second kappa shape index (κ2) is 10.3. The van der Waals surface area contributed by atoms with Crippen molar-refractivity contribution in [1.29, 1.82) is 0 Å². The van der Waals surface area contributed by atoms with Gasteiger partial charge in [0.1, 0.15) is 6.29 Å². The number of nitrogens with two attached hydrogens (primary N) is 1. The minimum Gasteiger partial charge on any atom is -0.385 e. The first-order valence-electron chi connectivity index (χ1n) is 15.3. The van der Waals surface area contributed by atoms with Crippen LogP contribution in [0.25, 0.3) is 0 Å². The monoisotopic (exact) mass is 488 g/mol. The molecule has 0 aromatic heterocycles. The lowest BCUT2D eigenvalue weighted by molar-refractivity contribution is -0.110. The average Bonchev–Trinajstić information content (AvgIpc) is 3.41. The Morgan fingerprint density at radius 1 is 1.00 bits per heavy atom. The van der Waals surface area contributed by atoms with E-state index in [9.17, 15) is 4.79 Å². The Morgan fingerprint density at radius 3 is 2.56 bits per heavy atom. The maximum Gasteiger partial charge on any atom is 0.137 e. The summed E-state index contributed by atoms with van der Waals surface area (Å²) in [6.07, 6.45) is 18.5. The van der Waals surface area contributed by atoms with Crippen molar-refractivity contribution >= 4 is 12.0 Å². The molecule has 5 aliphatic carbocycles. The summed E-state index contributed by atoms with van der Waals surface area (Å²) in [6, 6.07) is 10.3. The summed E-state index contributed by atoms with van der Waals surface area (Å²) in [5.74, 6) is 6.19. The molecular weight excluding hydrogens is 440 g/mol. The average molecular weight is 489 g/mol. The number of nitrogens with one attached hydrogen (secondary N) is 1. The third-order valence-electron chi connectivity index (χ3n) is 11.9. The highest BCUT2D eigenvalue weighted by Gasteiger charge is 2.70. The van der Waals surface area contributed by atoms with Gasteiger partial charge in [-0.1, -0.05) is 62.5 Å². The number of benzene rings is 1. The Labute approximate surface area is 219 Å². The topological polar surface area (TPSA) is 55.1 Å². The molecule has 9 atom stereocenters. The number of carbonyl (C=O) groups is 1. The van der Waals surface area contributed by atoms with Crippen LogP contribution in [0.1, 0.15) is 83.5 Å². The van der Waals surface area contributed by atoms with Gasteiger partial charge in [-0.3, -0.25) is 0 Å². The van der Waals surface area contributed by atoms with Crippen LogP contribution in [0.2, 0.25) is 0 Å². The lowest BCUT2D eigenvalue weighted by Gasteiger charge is -2.29. The van der Waals surface area contributed by atoms with Gasteiger partial charge in [-0.05, 0) is 116 Å². The summed E-state index contributed by atoms with van der Waals surface area (Å²) in [4.78, 5) is 12.2. The highest BCUT2D eigenvalue weighted by atomic mass is 16.1. The van der Waals surface area contributed by atoms with Crippen molar-refractivity contribution in [3.05, 3.63) is 42.5 Å². The smallest absolute Gasteiger partial charge is 0.137 e. The lowest BCUT2D eigenvalue weighted by Crippen LogP contribution is -2.37. The second-order valence-electron chi connectivity index (χ2n) is 13.5. The zero-order valence-corrected chi connectivity index (χ0v) is 22.3. The number of aldehydes is 1. The third kappa shape index (κ3) is 4.48. The van der Waals surface area contributed by atoms with Crippen molar-refractivity contribution in [3.8, 4) is 0 Å². The number of anilines is 1. The molecule has 0 aliphatic heterocycles. The zero-order valence-electron chi connectivity index (χ0n) is 22.3. The van der Waals surface area contributed by atoms with Gasteiger partial charge in [-0.2, -0.15) is 0 Å². The van der Waals surface area contributed by atoms with E-state index < -0.39 is 0 Å². The highest BCUT2D eigenvalue weighted by molar-refractivity contribution is 5.61. The molecule has 3 N–H and O–H groups in total. The van der Waals surface area contributed by atoms with Crippen LogP contribution in [0, 0.1) is 52.8 Å². The van der Waals surface area contributed by atoms with Crippen LogP contribution in [0.3, 0.4) is 0 Å². The summed E-state index contributed by atoms with van der Waals surface area (Å²) in [5, 5.41) is 3.65. The van der Waals surface area contributed by atoms with E-state index in [4.69, 9.17) is 5.73 Å². The van der Waals surface area contributed by atoms with Crippen molar-refractivity contribution < 1.29 is 4.79 Å². The molecule has 0 saturated heterocycles. The highest BCUT2D eigenvalue weighted by Crippen LogP contribution is 2.74. The minimum atomic E-state index is -0.276. The van der Waals surface area contributed by atoms with Gasteiger partial charge < -0.3 is 15.8 Å². The largest absolute Gasteiger partial charge is 0.385 e. The molecule has 196 valence electrons. The summed E-state index contributed by atoms with van der Waals surface area (Å²) in [5.41, 5.74) is 9.57. The SMILES string of the molecule is C=C1CCC2C(C3CC(C4CCCC4)CC13)C2(CCC1CCC(CNc2ccccc2)C1)C(N)C=O. The summed E-state index contributed by atoms with van der Waals surface area (Å²) >= 11 is 0. The van der Waals surface area contributed by atoms with Crippen LogP contribution >= 0.6 is 0 Å². The number of para-hydroxylation sites is 1. The van der Waals surface area contributed by atoms with E-state index in [1.54, 1.807) is 0 Å². The molecule has 3 heteroatoms. The fourth-order valence-corrected chi connectivity index (χ4v) is 10.0. The molecule has 5 saturated carbocycles. The van der Waals surface area contributed by atoms with Gasteiger partial charge in [0, 0.05) is 12.2 Å². The fraction of sp³-hybridized carbons (Fsp3) is 0.727. The first-order valence-corrected chi connectivity index (χ1v) is 15.3. The van der Waals surface area contributed by atoms with E-state index in [2.05, 4.69) is 42.2 Å². The molecule has 0 amide bonds. The number of rotatable bonds is 9. The first-order chi connectivity index (χ1) is 17.6. The van der Waals surface area contributed by atoms with Crippen molar-refractivity contribution in [2.45, 2.75) is 89.5 Å². The number of hydrogen-bond donors (Lipinski definition) is 2. The van der Waals surface area contributed by atoms with Crippen LogP contribution in [0.4, 0.5) is 5.69 Å². The standard InChI is InChI=1S/C33H48N2O/c1-22-11-14-30-32(29-19-26(18-28(22)29)25-7-5-6-8-25)33(30,31(34)21-36)16-15-23-12-13-24(17-23)20-35-27-9-3-2-4-10-27/h2-4,9-10,21,23-26,28-32,35H,1,5-8,11-20,34H2. The Hall–Kier alpha value is -1.61. The van der Waals surface area contributed by atoms with Gasteiger partial charge in [0.2, 0.25) is 0 Å². The quantitative estimate of drug-likeness (QED) is 0.285. The molecule has 0 radical (unpaired) electrons. The molecule has 5 aliphatic rings.